The Labute approximate surface area is 228 Å². The number of nitrogens with zero attached hydrogens (tertiary/aromatic N) is 6. The van der Waals surface area contributed by atoms with Gasteiger partial charge in [0, 0.05) is 42.5 Å². The number of rotatable bonds is 4. The smallest absolute Gasteiger partial charge is 0.490 e. The van der Waals surface area contributed by atoms with Gasteiger partial charge < -0.3 is 31.1 Å². The van der Waals surface area contributed by atoms with Gasteiger partial charge in [-0.3, -0.25) is 9.78 Å². The number of hydrogen-bond donors (Lipinski definition) is 4. The van der Waals surface area contributed by atoms with Gasteiger partial charge in [-0.2, -0.15) is 13.2 Å². The van der Waals surface area contributed by atoms with Crippen LogP contribution in [0.15, 0.2) is 29.0 Å². The molecule has 1 aliphatic heterocycles. The molecule has 6 N–H and O–H groups in total. The molecule has 13 nitrogen and oxygen atoms in total. The minimum atomic E-state index is -5.08. The normalized spacial score (nSPS) is 15.2. The summed E-state index contributed by atoms with van der Waals surface area (Å²) in [6.07, 6.45) is -2.86. The molecule has 0 saturated carbocycles. The molecule has 3 aromatic heterocycles. The molecule has 1 atom stereocenters. The fourth-order valence-electron chi connectivity index (χ4n) is 4.18. The fraction of sp³-hybridized carbons (Fsp3) is 0.304. The standard InChI is InChI=1S/C21H21ClN8O3.C2HF3O2/c1-2-30-18-13(21(32)29-6-5-11(23)9-29)8-25-15(12-7-10(22)3-4-14(12)31)16(18)26-20(30)17-19(24)28-33-27-17;3-2(4,5)1(6)7/h3-4,7-8,11,31H,2,5-6,9,23H2,1H3,(H2,24,28);(H,6,7). The summed E-state index contributed by atoms with van der Waals surface area (Å²) in [6, 6.07) is 4.58. The number of amides is 1. The van der Waals surface area contributed by atoms with Crippen LogP contribution in [0.5, 0.6) is 5.75 Å². The van der Waals surface area contributed by atoms with Gasteiger partial charge in [0.1, 0.15) is 17.0 Å². The molecule has 0 bridgehead atoms. The zero-order chi connectivity index (χ0) is 29.4. The van der Waals surface area contributed by atoms with Crippen molar-refractivity contribution >= 4 is 40.3 Å². The molecule has 0 aliphatic carbocycles. The quantitative estimate of drug-likeness (QED) is 0.276. The molecule has 4 heterocycles. The minimum absolute atomic E-state index is 0.0204. The Hall–Kier alpha value is -4.44. The number of halogens is 4. The van der Waals surface area contributed by atoms with Gasteiger partial charge in [-0.15, -0.1) is 0 Å². The summed E-state index contributed by atoms with van der Waals surface area (Å²) in [7, 11) is 0. The Morgan fingerprint density at radius 3 is 2.50 bits per heavy atom. The maximum Gasteiger partial charge on any atom is 0.490 e. The number of fused-ring (bicyclic) bond motifs is 1. The third-order valence-corrected chi connectivity index (χ3v) is 6.25. The number of nitrogen functional groups attached to an aromatic ring is 1. The summed E-state index contributed by atoms with van der Waals surface area (Å²) in [4.78, 5) is 33.3. The number of benzene rings is 1. The van der Waals surface area contributed by atoms with Crippen molar-refractivity contribution in [1.29, 1.82) is 0 Å². The Kier molecular flexibility index (Phi) is 7.84. The zero-order valence-electron chi connectivity index (χ0n) is 20.7. The van der Waals surface area contributed by atoms with Gasteiger partial charge in [0.25, 0.3) is 5.91 Å². The largest absolute Gasteiger partial charge is 0.507 e. The number of anilines is 1. The lowest BCUT2D eigenvalue weighted by Crippen LogP contribution is -2.32. The van der Waals surface area contributed by atoms with Crippen LogP contribution in [0.1, 0.15) is 23.7 Å². The molecular weight excluding hydrogens is 561 g/mol. The third-order valence-electron chi connectivity index (χ3n) is 6.01. The Morgan fingerprint density at radius 2 is 1.95 bits per heavy atom. The van der Waals surface area contributed by atoms with E-state index in [-0.39, 0.29) is 29.2 Å². The Bertz CT molecular complexity index is 1590. The number of carboxylic acids is 1. The highest BCUT2D eigenvalue weighted by atomic mass is 35.5. The first-order valence-corrected chi connectivity index (χ1v) is 12.0. The van der Waals surface area contributed by atoms with E-state index in [0.29, 0.717) is 58.3 Å². The molecule has 40 heavy (non-hydrogen) atoms. The predicted octanol–water partition coefficient (Wildman–Crippen LogP) is 2.92. The molecule has 4 aromatic rings. The highest BCUT2D eigenvalue weighted by Gasteiger charge is 2.38. The van der Waals surface area contributed by atoms with Crippen LogP contribution in [0, 0.1) is 0 Å². The van der Waals surface area contributed by atoms with Crippen LogP contribution in [0.2, 0.25) is 5.02 Å². The van der Waals surface area contributed by atoms with Crippen LogP contribution in [0.4, 0.5) is 19.0 Å². The third kappa shape index (κ3) is 5.48. The van der Waals surface area contributed by atoms with Crippen LogP contribution >= 0.6 is 11.6 Å². The van der Waals surface area contributed by atoms with Crippen molar-refractivity contribution in [2.45, 2.75) is 32.1 Å². The van der Waals surface area contributed by atoms with Gasteiger partial charge in [-0.05, 0) is 41.9 Å². The van der Waals surface area contributed by atoms with E-state index in [1.165, 1.54) is 12.3 Å². The number of carboxylic acid groups (broad SMARTS) is 1. The summed E-state index contributed by atoms with van der Waals surface area (Å²) in [5.41, 5.74) is 14.2. The Morgan fingerprint density at radius 1 is 1.25 bits per heavy atom. The summed E-state index contributed by atoms with van der Waals surface area (Å²) in [5.74, 6) is -2.54. The number of likely N-dealkylation sites (tertiary alicyclic amines) is 1. The number of carbonyl (C=O) groups is 2. The highest BCUT2D eigenvalue weighted by Crippen LogP contribution is 2.38. The van der Waals surface area contributed by atoms with Crippen LogP contribution in [-0.4, -0.2) is 77.1 Å². The summed E-state index contributed by atoms with van der Waals surface area (Å²) in [5, 5.41) is 25.6. The van der Waals surface area contributed by atoms with Gasteiger partial charge in [-0.1, -0.05) is 11.6 Å². The van der Waals surface area contributed by atoms with Crippen molar-refractivity contribution in [2.24, 2.45) is 5.73 Å². The second-order valence-electron chi connectivity index (χ2n) is 8.66. The van der Waals surface area contributed by atoms with E-state index in [9.17, 15) is 23.1 Å². The van der Waals surface area contributed by atoms with Crippen LogP contribution in [0.3, 0.4) is 0 Å². The second kappa shape index (κ2) is 11.0. The number of hydrogen-bond acceptors (Lipinski definition) is 10. The summed E-state index contributed by atoms with van der Waals surface area (Å²) < 4.78 is 38.3. The van der Waals surface area contributed by atoms with Crippen LogP contribution in [-0.2, 0) is 11.3 Å². The molecule has 1 aliphatic rings. The van der Waals surface area contributed by atoms with Crippen molar-refractivity contribution in [3.05, 3.63) is 35.0 Å². The van der Waals surface area contributed by atoms with Crippen molar-refractivity contribution in [3.63, 3.8) is 0 Å². The number of nitrogens with two attached hydrogens (primary N) is 2. The molecule has 1 aromatic carbocycles. The molecule has 0 radical (unpaired) electrons. The second-order valence-corrected chi connectivity index (χ2v) is 9.10. The first-order valence-electron chi connectivity index (χ1n) is 11.6. The van der Waals surface area contributed by atoms with E-state index < -0.39 is 12.1 Å². The number of phenols is 1. The van der Waals surface area contributed by atoms with Gasteiger partial charge in [0.15, 0.2) is 17.3 Å². The van der Waals surface area contributed by atoms with Crippen LogP contribution in [0.25, 0.3) is 33.8 Å². The topological polar surface area (TPSA) is 200 Å². The molecule has 5 rings (SSSR count). The van der Waals surface area contributed by atoms with Crippen LogP contribution < -0.4 is 11.5 Å². The maximum absolute atomic E-state index is 13.5. The van der Waals surface area contributed by atoms with Gasteiger partial charge in [-0.25, -0.2) is 14.4 Å². The van der Waals surface area contributed by atoms with E-state index in [1.807, 2.05) is 6.92 Å². The van der Waals surface area contributed by atoms with E-state index in [0.717, 1.165) is 6.42 Å². The first-order chi connectivity index (χ1) is 18.8. The highest BCUT2D eigenvalue weighted by molar-refractivity contribution is 6.31. The number of imidazole rings is 1. The molecule has 212 valence electrons. The van der Waals surface area contributed by atoms with Crippen molar-refractivity contribution in [2.75, 3.05) is 18.8 Å². The summed E-state index contributed by atoms with van der Waals surface area (Å²) >= 11 is 6.18. The van der Waals surface area contributed by atoms with E-state index in [1.54, 1.807) is 21.6 Å². The average molecular weight is 583 g/mol. The van der Waals surface area contributed by atoms with E-state index >= 15 is 0 Å². The maximum atomic E-state index is 13.5. The number of alkyl halides is 3. The molecular formula is C23H22ClF3N8O5. The lowest BCUT2D eigenvalue weighted by molar-refractivity contribution is -0.192. The number of aromatic nitrogens is 5. The minimum Gasteiger partial charge on any atom is -0.507 e. The van der Waals surface area contributed by atoms with Gasteiger partial charge in [0.05, 0.1) is 11.1 Å². The zero-order valence-corrected chi connectivity index (χ0v) is 21.4. The summed E-state index contributed by atoms with van der Waals surface area (Å²) in [6.45, 7) is 3.38. The number of aromatic hydroxyl groups is 1. The number of aryl methyl sites for hydroxylation is 1. The lowest BCUT2D eigenvalue weighted by atomic mass is 10.1. The van der Waals surface area contributed by atoms with Crippen molar-refractivity contribution in [3.8, 4) is 28.5 Å². The van der Waals surface area contributed by atoms with Crippen molar-refractivity contribution < 1.29 is 37.6 Å². The van der Waals surface area contributed by atoms with Crippen molar-refractivity contribution in [1.82, 2.24) is 29.7 Å². The average Bonchev–Trinajstić information content (AvgIpc) is 3.62. The molecule has 0 spiro atoms. The fourth-order valence-corrected chi connectivity index (χ4v) is 4.35. The number of phenolic OH excluding ortho intramolecular Hbond substituents is 1. The van der Waals surface area contributed by atoms with E-state index in [2.05, 4.69) is 15.3 Å². The predicted molar refractivity (Wildman–Crippen MR) is 135 cm³/mol. The number of aliphatic carboxylic acids is 1. The number of carbonyl (C=O) groups excluding carboxylic acids is 1. The van der Waals surface area contributed by atoms with E-state index in [4.69, 9.17) is 42.6 Å². The molecule has 1 saturated heterocycles. The number of pyridine rings is 1. The SMILES string of the molecule is CCn1c(-c2nonc2N)nc2c(-c3cc(Cl)ccc3O)ncc(C(=O)N3CCC(N)C3)c21.O=C(O)C(F)(F)F. The first kappa shape index (κ1) is 28.6. The molecule has 1 amide bonds. The Balaban J connectivity index is 0.000000470. The van der Waals surface area contributed by atoms with Gasteiger partial charge >= 0.3 is 12.1 Å². The lowest BCUT2D eigenvalue weighted by Gasteiger charge is -2.17. The molecule has 17 heteroatoms. The monoisotopic (exact) mass is 582 g/mol. The molecule has 1 unspecified atom stereocenters. The van der Waals surface area contributed by atoms with Gasteiger partial charge in [0.2, 0.25) is 0 Å². The molecule has 1 fully saturated rings.